The fourth-order valence-electron chi connectivity index (χ4n) is 1.88. The lowest BCUT2D eigenvalue weighted by molar-refractivity contribution is -0.148. The van der Waals surface area contributed by atoms with Crippen LogP contribution < -0.4 is 0 Å². The van der Waals surface area contributed by atoms with Gasteiger partial charge < -0.3 is 9.84 Å². The van der Waals surface area contributed by atoms with E-state index in [1.54, 1.807) is 0 Å². The van der Waals surface area contributed by atoms with Gasteiger partial charge in [0.2, 0.25) is 0 Å². The number of methoxy groups -OCH3 is 1. The predicted molar refractivity (Wildman–Crippen MR) is 55.8 cm³/mol. The molecule has 1 fully saturated rings. The summed E-state index contributed by atoms with van der Waals surface area (Å²) in [6, 6.07) is 7.65. The van der Waals surface area contributed by atoms with Gasteiger partial charge in [-0.25, -0.2) is 4.79 Å². The Morgan fingerprint density at radius 3 is 2.67 bits per heavy atom. The van der Waals surface area contributed by atoms with Crippen LogP contribution in [0.3, 0.4) is 0 Å². The van der Waals surface area contributed by atoms with Crippen molar-refractivity contribution < 1.29 is 14.6 Å². The molecule has 0 heterocycles. The Kier molecular flexibility index (Phi) is 2.73. The third-order valence-corrected chi connectivity index (χ3v) is 2.76. The zero-order valence-corrected chi connectivity index (χ0v) is 8.64. The second-order valence-corrected chi connectivity index (χ2v) is 3.86. The molecule has 80 valence electrons. The lowest BCUT2D eigenvalue weighted by Gasteiger charge is -2.14. The van der Waals surface area contributed by atoms with Crippen LogP contribution in [0.1, 0.15) is 36.0 Å². The van der Waals surface area contributed by atoms with Crippen molar-refractivity contribution in [3.63, 3.8) is 0 Å². The topological polar surface area (TPSA) is 46.5 Å². The van der Waals surface area contributed by atoms with Gasteiger partial charge in [0.25, 0.3) is 0 Å². The van der Waals surface area contributed by atoms with E-state index in [1.165, 1.54) is 7.11 Å². The smallest absolute Gasteiger partial charge is 0.337 e. The summed E-state index contributed by atoms with van der Waals surface area (Å²) in [6.45, 7) is 0. The standard InChI is InChI=1S/C12H14O3/c1-15-11(12(13)14)10-5-3-2-4-9(10)8-6-7-8/h2-5,8,11H,6-7H2,1H3,(H,13,14). The first kappa shape index (κ1) is 10.2. The van der Waals surface area contributed by atoms with Crippen LogP contribution in [0.25, 0.3) is 0 Å². The Balaban J connectivity index is 2.36. The highest BCUT2D eigenvalue weighted by Gasteiger charge is 2.30. The minimum absolute atomic E-state index is 0.540. The number of hydrogen-bond acceptors (Lipinski definition) is 2. The molecule has 1 aliphatic rings. The molecule has 0 spiro atoms. The van der Waals surface area contributed by atoms with Crippen molar-refractivity contribution in [1.29, 1.82) is 0 Å². The molecule has 1 atom stereocenters. The van der Waals surface area contributed by atoms with Crippen LogP contribution >= 0.6 is 0 Å². The van der Waals surface area contributed by atoms with E-state index in [0.717, 1.165) is 24.0 Å². The number of hydrogen-bond donors (Lipinski definition) is 1. The molecule has 1 saturated carbocycles. The van der Waals surface area contributed by atoms with Crippen molar-refractivity contribution in [3.8, 4) is 0 Å². The zero-order chi connectivity index (χ0) is 10.8. The molecule has 3 nitrogen and oxygen atoms in total. The van der Waals surface area contributed by atoms with E-state index < -0.39 is 12.1 Å². The van der Waals surface area contributed by atoms with E-state index in [1.807, 2.05) is 24.3 Å². The zero-order valence-electron chi connectivity index (χ0n) is 8.64. The van der Waals surface area contributed by atoms with Crippen molar-refractivity contribution >= 4 is 5.97 Å². The van der Waals surface area contributed by atoms with Crippen LogP contribution in [0, 0.1) is 0 Å². The summed E-state index contributed by atoms with van der Waals surface area (Å²) < 4.78 is 5.02. The van der Waals surface area contributed by atoms with Gasteiger partial charge in [0.05, 0.1) is 0 Å². The summed E-state index contributed by atoms with van der Waals surface area (Å²) in [6.07, 6.45) is 1.49. The predicted octanol–water partition coefficient (Wildman–Crippen LogP) is 2.34. The summed E-state index contributed by atoms with van der Waals surface area (Å²) in [5.41, 5.74) is 1.93. The normalized spacial score (nSPS) is 17.4. The van der Waals surface area contributed by atoms with Crippen LogP contribution in [0.15, 0.2) is 24.3 Å². The molecule has 0 saturated heterocycles. The second kappa shape index (κ2) is 4.03. The molecule has 3 heteroatoms. The SMILES string of the molecule is COC(C(=O)O)c1ccccc1C1CC1. The molecule has 0 bridgehead atoms. The van der Waals surface area contributed by atoms with Crippen LogP contribution in [0.4, 0.5) is 0 Å². The molecular formula is C12H14O3. The van der Waals surface area contributed by atoms with Gasteiger partial charge in [-0.05, 0) is 29.9 Å². The number of benzene rings is 1. The summed E-state index contributed by atoms with van der Waals surface area (Å²) >= 11 is 0. The first-order chi connectivity index (χ1) is 7.24. The van der Waals surface area contributed by atoms with Crippen molar-refractivity contribution in [2.24, 2.45) is 0 Å². The minimum atomic E-state index is -0.925. The molecule has 0 amide bonds. The average Bonchev–Trinajstić information content (AvgIpc) is 3.02. The van der Waals surface area contributed by atoms with Crippen molar-refractivity contribution in [2.75, 3.05) is 7.11 Å². The molecule has 0 aromatic heterocycles. The minimum Gasteiger partial charge on any atom is -0.479 e. The van der Waals surface area contributed by atoms with Crippen molar-refractivity contribution in [2.45, 2.75) is 24.9 Å². The van der Waals surface area contributed by atoms with Gasteiger partial charge in [0.1, 0.15) is 0 Å². The summed E-state index contributed by atoms with van der Waals surface area (Å²) in [5.74, 6) is -0.385. The molecule has 1 N–H and O–H groups in total. The number of aliphatic carboxylic acids is 1. The summed E-state index contributed by atoms with van der Waals surface area (Å²) in [7, 11) is 1.43. The van der Waals surface area contributed by atoms with Gasteiger partial charge in [0, 0.05) is 7.11 Å². The van der Waals surface area contributed by atoms with Gasteiger partial charge in [0.15, 0.2) is 6.10 Å². The van der Waals surface area contributed by atoms with Gasteiger partial charge in [-0.1, -0.05) is 24.3 Å². The molecule has 15 heavy (non-hydrogen) atoms. The third kappa shape index (κ3) is 2.02. The molecular weight excluding hydrogens is 192 g/mol. The van der Waals surface area contributed by atoms with E-state index in [2.05, 4.69) is 0 Å². The summed E-state index contributed by atoms with van der Waals surface area (Å²) in [4.78, 5) is 11.0. The van der Waals surface area contributed by atoms with E-state index >= 15 is 0 Å². The van der Waals surface area contributed by atoms with Gasteiger partial charge in [-0.3, -0.25) is 0 Å². The van der Waals surface area contributed by atoms with Crippen LogP contribution in [-0.2, 0) is 9.53 Å². The first-order valence-electron chi connectivity index (χ1n) is 5.08. The largest absolute Gasteiger partial charge is 0.479 e. The maximum absolute atomic E-state index is 11.0. The van der Waals surface area contributed by atoms with Crippen LogP contribution in [0.5, 0.6) is 0 Å². The van der Waals surface area contributed by atoms with Gasteiger partial charge in [-0.2, -0.15) is 0 Å². The molecule has 2 rings (SSSR count). The third-order valence-electron chi connectivity index (χ3n) is 2.76. The fraction of sp³-hybridized carbons (Fsp3) is 0.417. The number of carbonyl (C=O) groups is 1. The van der Waals surface area contributed by atoms with Gasteiger partial charge >= 0.3 is 5.97 Å². The monoisotopic (exact) mass is 206 g/mol. The quantitative estimate of drug-likeness (QED) is 0.822. The first-order valence-corrected chi connectivity index (χ1v) is 5.08. The lowest BCUT2D eigenvalue weighted by Crippen LogP contribution is -2.15. The molecule has 1 aromatic rings. The highest BCUT2D eigenvalue weighted by atomic mass is 16.5. The highest BCUT2D eigenvalue weighted by molar-refractivity contribution is 5.75. The van der Waals surface area contributed by atoms with Crippen molar-refractivity contribution in [3.05, 3.63) is 35.4 Å². The summed E-state index contributed by atoms with van der Waals surface area (Å²) in [5, 5.41) is 9.03. The number of ether oxygens (including phenoxy) is 1. The van der Waals surface area contributed by atoms with Crippen LogP contribution in [0.2, 0.25) is 0 Å². The van der Waals surface area contributed by atoms with Crippen LogP contribution in [-0.4, -0.2) is 18.2 Å². The Bertz CT molecular complexity index is 369. The van der Waals surface area contributed by atoms with E-state index in [4.69, 9.17) is 9.84 Å². The Morgan fingerprint density at radius 1 is 1.47 bits per heavy atom. The maximum atomic E-state index is 11.0. The molecule has 0 radical (unpaired) electrons. The van der Waals surface area contributed by atoms with E-state index in [9.17, 15) is 4.79 Å². The number of rotatable bonds is 4. The number of carboxylic acids is 1. The maximum Gasteiger partial charge on any atom is 0.337 e. The molecule has 0 aliphatic heterocycles. The second-order valence-electron chi connectivity index (χ2n) is 3.86. The van der Waals surface area contributed by atoms with E-state index in [0.29, 0.717) is 5.92 Å². The Morgan fingerprint density at radius 2 is 2.13 bits per heavy atom. The molecule has 1 unspecified atom stereocenters. The number of carboxylic acid groups (broad SMARTS) is 1. The molecule has 1 aliphatic carbocycles. The Hall–Kier alpha value is -1.35. The average molecular weight is 206 g/mol. The lowest BCUT2D eigenvalue weighted by atomic mass is 9.99. The van der Waals surface area contributed by atoms with E-state index in [-0.39, 0.29) is 0 Å². The highest BCUT2D eigenvalue weighted by Crippen LogP contribution is 2.43. The fourth-order valence-corrected chi connectivity index (χ4v) is 1.88. The van der Waals surface area contributed by atoms with Crippen molar-refractivity contribution in [1.82, 2.24) is 0 Å². The Labute approximate surface area is 88.7 Å². The van der Waals surface area contributed by atoms with Gasteiger partial charge in [-0.15, -0.1) is 0 Å². The molecule has 1 aromatic carbocycles.